The number of amides is 1. The summed E-state index contributed by atoms with van der Waals surface area (Å²) in [6.07, 6.45) is 5.00. The summed E-state index contributed by atoms with van der Waals surface area (Å²) in [5.41, 5.74) is 1.59. The average Bonchev–Trinajstić information content (AvgIpc) is 3.23. The van der Waals surface area contributed by atoms with Gasteiger partial charge in [-0.1, -0.05) is 0 Å². The Balaban J connectivity index is 1.55. The van der Waals surface area contributed by atoms with Gasteiger partial charge in [-0.15, -0.1) is 0 Å². The number of piperidine rings is 1. The fourth-order valence-electron chi connectivity index (χ4n) is 3.17. The lowest BCUT2D eigenvalue weighted by atomic mass is 10.0. The molecule has 21 heavy (non-hydrogen) atoms. The zero-order valence-electron chi connectivity index (χ0n) is 13.4. The first kappa shape index (κ1) is 14.6. The second kappa shape index (κ2) is 5.79. The van der Waals surface area contributed by atoms with Crippen molar-refractivity contribution in [2.75, 3.05) is 26.7 Å². The standard InChI is InChI=1S/C16H26N4O/c1-12-10-15(17-19(12)3)16(21)18(2)14-6-8-20(9-7-14)11-13-4-5-13/h10,13-14H,4-9,11H2,1-3H3. The molecule has 0 aromatic carbocycles. The molecule has 2 aliphatic rings. The summed E-state index contributed by atoms with van der Waals surface area (Å²) in [7, 11) is 3.80. The zero-order valence-corrected chi connectivity index (χ0v) is 13.4. The molecule has 0 spiro atoms. The maximum atomic E-state index is 12.5. The van der Waals surface area contributed by atoms with Crippen molar-refractivity contribution in [1.29, 1.82) is 0 Å². The minimum absolute atomic E-state index is 0.0549. The summed E-state index contributed by atoms with van der Waals surface area (Å²) in [6.45, 7) is 5.49. The van der Waals surface area contributed by atoms with Gasteiger partial charge in [0.2, 0.25) is 0 Å². The molecule has 0 N–H and O–H groups in total. The van der Waals surface area contributed by atoms with Crippen LogP contribution in [0.3, 0.4) is 0 Å². The van der Waals surface area contributed by atoms with Gasteiger partial charge in [-0.25, -0.2) is 0 Å². The predicted octanol–water partition coefficient (Wildman–Crippen LogP) is 1.67. The fraction of sp³-hybridized carbons (Fsp3) is 0.750. The van der Waals surface area contributed by atoms with Crippen molar-refractivity contribution in [1.82, 2.24) is 19.6 Å². The summed E-state index contributed by atoms with van der Waals surface area (Å²) >= 11 is 0. The van der Waals surface area contributed by atoms with Gasteiger partial charge in [-0.2, -0.15) is 5.10 Å². The van der Waals surface area contributed by atoms with Crippen molar-refractivity contribution in [3.63, 3.8) is 0 Å². The van der Waals surface area contributed by atoms with E-state index in [1.165, 1.54) is 19.4 Å². The minimum Gasteiger partial charge on any atom is -0.337 e. The SMILES string of the molecule is Cc1cc(C(=O)N(C)C2CCN(CC3CC3)CC2)nn1C. The van der Waals surface area contributed by atoms with E-state index in [9.17, 15) is 4.79 Å². The highest BCUT2D eigenvalue weighted by Crippen LogP contribution is 2.31. The first-order valence-corrected chi connectivity index (χ1v) is 8.04. The lowest BCUT2D eigenvalue weighted by molar-refractivity contribution is 0.0632. The van der Waals surface area contributed by atoms with Crippen LogP contribution in [0, 0.1) is 12.8 Å². The Hall–Kier alpha value is -1.36. The van der Waals surface area contributed by atoms with Crippen molar-refractivity contribution in [2.45, 2.75) is 38.6 Å². The van der Waals surface area contributed by atoms with Gasteiger partial charge in [-0.3, -0.25) is 9.48 Å². The highest BCUT2D eigenvalue weighted by atomic mass is 16.2. The van der Waals surface area contributed by atoms with Crippen LogP contribution in [0.4, 0.5) is 0 Å². The number of carbonyl (C=O) groups is 1. The Morgan fingerprint density at radius 1 is 1.33 bits per heavy atom. The van der Waals surface area contributed by atoms with Crippen molar-refractivity contribution < 1.29 is 4.79 Å². The number of likely N-dealkylation sites (tertiary alicyclic amines) is 1. The number of aryl methyl sites for hydroxylation is 2. The molecule has 1 amide bonds. The van der Waals surface area contributed by atoms with Crippen LogP contribution in [-0.4, -0.2) is 58.2 Å². The van der Waals surface area contributed by atoms with Gasteiger partial charge in [0.1, 0.15) is 0 Å². The normalized spacial score (nSPS) is 20.7. The van der Waals surface area contributed by atoms with Gasteiger partial charge >= 0.3 is 0 Å². The van der Waals surface area contributed by atoms with Gasteiger partial charge < -0.3 is 9.80 Å². The smallest absolute Gasteiger partial charge is 0.274 e. The van der Waals surface area contributed by atoms with Crippen LogP contribution in [0.25, 0.3) is 0 Å². The van der Waals surface area contributed by atoms with E-state index in [2.05, 4.69) is 10.00 Å². The molecule has 2 fully saturated rings. The largest absolute Gasteiger partial charge is 0.337 e. The van der Waals surface area contributed by atoms with Crippen LogP contribution in [0.1, 0.15) is 41.9 Å². The molecule has 3 rings (SSSR count). The first-order chi connectivity index (χ1) is 10.0. The molecule has 5 heteroatoms. The quantitative estimate of drug-likeness (QED) is 0.847. The van der Waals surface area contributed by atoms with Gasteiger partial charge in [0, 0.05) is 45.5 Å². The summed E-state index contributed by atoms with van der Waals surface area (Å²) < 4.78 is 1.76. The van der Waals surface area contributed by atoms with Gasteiger partial charge in [0.25, 0.3) is 5.91 Å². The maximum absolute atomic E-state index is 12.5. The number of hydrogen-bond donors (Lipinski definition) is 0. The molecular weight excluding hydrogens is 264 g/mol. The lowest BCUT2D eigenvalue weighted by Gasteiger charge is -2.36. The molecule has 0 atom stereocenters. The van der Waals surface area contributed by atoms with Gasteiger partial charge in [0.15, 0.2) is 5.69 Å². The second-order valence-electron chi connectivity index (χ2n) is 6.69. The van der Waals surface area contributed by atoms with Crippen LogP contribution in [-0.2, 0) is 7.05 Å². The molecule has 1 aliphatic carbocycles. The molecule has 1 saturated heterocycles. The lowest BCUT2D eigenvalue weighted by Crippen LogP contribution is -2.46. The average molecular weight is 290 g/mol. The Labute approximate surface area is 126 Å². The third kappa shape index (κ3) is 3.28. The minimum atomic E-state index is 0.0549. The number of carbonyl (C=O) groups excluding carboxylic acids is 1. The van der Waals surface area contributed by atoms with Crippen molar-refractivity contribution in [2.24, 2.45) is 13.0 Å². The Bertz CT molecular complexity index is 493. The summed E-state index contributed by atoms with van der Waals surface area (Å²) in [5, 5.41) is 4.30. The number of aromatic nitrogens is 2. The van der Waals surface area contributed by atoms with E-state index in [-0.39, 0.29) is 5.91 Å². The monoisotopic (exact) mass is 290 g/mol. The third-order valence-electron chi connectivity index (χ3n) is 4.97. The molecule has 1 aliphatic heterocycles. The summed E-state index contributed by atoms with van der Waals surface area (Å²) in [4.78, 5) is 17.0. The summed E-state index contributed by atoms with van der Waals surface area (Å²) in [5.74, 6) is 1.01. The topological polar surface area (TPSA) is 41.4 Å². The molecule has 0 radical (unpaired) electrons. The van der Waals surface area contributed by atoms with E-state index < -0.39 is 0 Å². The highest BCUT2D eigenvalue weighted by molar-refractivity contribution is 5.92. The van der Waals surface area contributed by atoms with Gasteiger partial charge in [0.05, 0.1) is 0 Å². The zero-order chi connectivity index (χ0) is 15.0. The number of hydrogen-bond acceptors (Lipinski definition) is 3. The Morgan fingerprint density at radius 3 is 2.52 bits per heavy atom. The number of nitrogens with zero attached hydrogens (tertiary/aromatic N) is 4. The van der Waals surface area contributed by atoms with Crippen molar-refractivity contribution in [3.05, 3.63) is 17.5 Å². The van der Waals surface area contributed by atoms with Crippen LogP contribution >= 0.6 is 0 Å². The third-order valence-corrected chi connectivity index (χ3v) is 4.97. The van der Waals surface area contributed by atoms with Crippen LogP contribution in [0.2, 0.25) is 0 Å². The van der Waals surface area contributed by atoms with Crippen LogP contribution in [0.15, 0.2) is 6.07 Å². The van der Waals surface area contributed by atoms with Gasteiger partial charge in [-0.05, 0) is 44.6 Å². The van der Waals surface area contributed by atoms with Crippen molar-refractivity contribution >= 4 is 5.91 Å². The first-order valence-electron chi connectivity index (χ1n) is 8.04. The fourth-order valence-corrected chi connectivity index (χ4v) is 3.17. The summed E-state index contributed by atoms with van der Waals surface area (Å²) in [6, 6.07) is 2.23. The number of rotatable bonds is 4. The van der Waals surface area contributed by atoms with E-state index in [4.69, 9.17) is 0 Å². The molecule has 1 saturated carbocycles. The molecule has 5 nitrogen and oxygen atoms in total. The maximum Gasteiger partial charge on any atom is 0.274 e. The second-order valence-corrected chi connectivity index (χ2v) is 6.69. The van der Waals surface area contributed by atoms with E-state index in [1.54, 1.807) is 4.68 Å². The highest BCUT2D eigenvalue weighted by Gasteiger charge is 2.30. The molecular formula is C16H26N4O. The van der Waals surface area contributed by atoms with Crippen molar-refractivity contribution in [3.8, 4) is 0 Å². The van der Waals surface area contributed by atoms with E-state index in [1.807, 2.05) is 32.0 Å². The Kier molecular flexibility index (Phi) is 4.02. The molecule has 2 heterocycles. The van der Waals surface area contributed by atoms with E-state index in [0.29, 0.717) is 11.7 Å². The molecule has 0 bridgehead atoms. The molecule has 0 unspecified atom stereocenters. The van der Waals surface area contributed by atoms with E-state index >= 15 is 0 Å². The van der Waals surface area contributed by atoms with Crippen LogP contribution < -0.4 is 0 Å². The molecule has 116 valence electrons. The van der Waals surface area contributed by atoms with Crippen LogP contribution in [0.5, 0.6) is 0 Å². The molecule has 1 aromatic heterocycles. The predicted molar refractivity (Wildman–Crippen MR) is 82.2 cm³/mol. The Morgan fingerprint density at radius 2 is 2.00 bits per heavy atom. The van der Waals surface area contributed by atoms with E-state index in [0.717, 1.165) is 37.5 Å². The molecule has 1 aromatic rings.